The van der Waals surface area contributed by atoms with Gasteiger partial charge in [-0.15, -0.1) is 11.3 Å². The summed E-state index contributed by atoms with van der Waals surface area (Å²) >= 11 is 1.85. The number of fused-ring (bicyclic) bond motifs is 1. The standard InChI is InChI=1S/C21H25N3OS/c1-23-10-9-18-19(23)3-2-4-20(18)25-17-7-11-24(12-8-17)13-16-14-26-21(22-16)15-5-6-15/h2-4,9-10,14-15,17H,5-8,11-13H2,1H3. The first-order valence-electron chi connectivity index (χ1n) is 9.63. The van der Waals surface area contributed by atoms with Gasteiger partial charge in [0.25, 0.3) is 0 Å². The first kappa shape index (κ1) is 16.3. The molecular formula is C21H25N3OS. The summed E-state index contributed by atoms with van der Waals surface area (Å²) in [4.78, 5) is 7.36. The predicted octanol–water partition coefficient (Wildman–Crippen LogP) is 4.56. The average Bonchev–Trinajstić information content (AvgIpc) is 3.29. The monoisotopic (exact) mass is 367 g/mol. The zero-order chi connectivity index (χ0) is 17.5. The Balaban J connectivity index is 1.18. The van der Waals surface area contributed by atoms with Gasteiger partial charge in [-0.3, -0.25) is 4.90 Å². The number of ether oxygens (including phenoxy) is 1. The van der Waals surface area contributed by atoms with Crippen LogP contribution in [0.2, 0.25) is 0 Å². The highest BCUT2D eigenvalue weighted by molar-refractivity contribution is 7.09. The molecule has 0 bridgehead atoms. The number of nitrogens with zero attached hydrogens (tertiary/aromatic N) is 3. The van der Waals surface area contributed by atoms with Crippen LogP contribution in [0.5, 0.6) is 5.75 Å². The van der Waals surface area contributed by atoms with Crippen LogP contribution in [-0.4, -0.2) is 33.6 Å². The van der Waals surface area contributed by atoms with Gasteiger partial charge in [0.2, 0.25) is 0 Å². The molecule has 0 atom stereocenters. The van der Waals surface area contributed by atoms with Crippen molar-refractivity contribution in [3.05, 3.63) is 46.5 Å². The molecule has 3 heterocycles. The number of thiazole rings is 1. The van der Waals surface area contributed by atoms with Crippen molar-refractivity contribution in [2.45, 2.75) is 44.2 Å². The molecule has 26 heavy (non-hydrogen) atoms. The second-order valence-corrected chi connectivity index (χ2v) is 8.55. The number of aryl methyl sites for hydroxylation is 1. The minimum absolute atomic E-state index is 0.314. The smallest absolute Gasteiger partial charge is 0.129 e. The summed E-state index contributed by atoms with van der Waals surface area (Å²) in [6.45, 7) is 3.17. The van der Waals surface area contributed by atoms with Crippen LogP contribution in [0.4, 0.5) is 0 Å². The zero-order valence-corrected chi connectivity index (χ0v) is 16.0. The molecule has 3 aromatic rings. The fourth-order valence-corrected chi connectivity index (χ4v) is 4.87. The van der Waals surface area contributed by atoms with Crippen molar-refractivity contribution in [3.63, 3.8) is 0 Å². The Morgan fingerprint density at radius 2 is 2.00 bits per heavy atom. The molecule has 1 saturated carbocycles. The van der Waals surface area contributed by atoms with Gasteiger partial charge in [0.1, 0.15) is 11.9 Å². The highest BCUT2D eigenvalue weighted by Crippen LogP contribution is 2.41. The Kier molecular flexibility index (Phi) is 4.21. The minimum atomic E-state index is 0.314. The van der Waals surface area contributed by atoms with Crippen LogP contribution in [-0.2, 0) is 13.6 Å². The number of likely N-dealkylation sites (tertiary alicyclic amines) is 1. The average molecular weight is 368 g/mol. The van der Waals surface area contributed by atoms with Gasteiger partial charge in [0.15, 0.2) is 0 Å². The third kappa shape index (κ3) is 3.26. The lowest BCUT2D eigenvalue weighted by Crippen LogP contribution is -2.37. The van der Waals surface area contributed by atoms with Crippen molar-refractivity contribution in [1.82, 2.24) is 14.5 Å². The maximum atomic E-state index is 6.37. The van der Waals surface area contributed by atoms with Crippen LogP contribution in [0.3, 0.4) is 0 Å². The Morgan fingerprint density at radius 1 is 1.15 bits per heavy atom. The lowest BCUT2D eigenvalue weighted by Gasteiger charge is -2.31. The molecule has 2 aromatic heterocycles. The molecule has 5 heteroatoms. The van der Waals surface area contributed by atoms with Gasteiger partial charge in [0.05, 0.1) is 16.2 Å². The molecule has 0 N–H and O–H groups in total. The molecule has 1 aliphatic heterocycles. The molecule has 0 unspecified atom stereocenters. The lowest BCUT2D eigenvalue weighted by molar-refractivity contribution is 0.0974. The van der Waals surface area contributed by atoms with Crippen molar-refractivity contribution >= 4 is 22.2 Å². The number of hydrogen-bond donors (Lipinski definition) is 0. The molecule has 1 aromatic carbocycles. The Bertz CT molecular complexity index is 903. The van der Waals surface area contributed by atoms with E-state index in [4.69, 9.17) is 9.72 Å². The molecule has 1 aliphatic carbocycles. The Morgan fingerprint density at radius 3 is 2.81 bits per heavy atom. The van der Waals surface area contributed by atoms with Crippen LogP contribution >= 0.6 is 11.3 Å². The summed E-state index contributed by atoms with van der Waals surface area (Å²) in [7, 11) is 2.08. The highest BCUT2D eigenvalue weighted by Gasteiger charge is 2.27. The molecule has 4 nitrogen and oxygen atoms in total. The zero-order valence-electron chi connectivity index (χ0n) is 15.2. The largest absolute Gasteiger partial charge is 0.490 e. The van der Waals surface area contributed by atoms with E-state index in [2.05, 4.69) is 52.4 Å². The molecule has 2 fully saturated rings. The van der Waals surface area contributed by atoms with Gasteiger partial charge in [0, 0.05) is 49.6 Å². The maximum absolute atomic E-state index is 6.37. The second-order valence-electron chi connectivity index (χ2n) is 7.66. The lowest BCUT2D eigenvalue weighted by atomic mass is 10.1. The number of hydrogen-bond acceptors (Lipinski definition) is 4. The van der Waals surface area contributed by atoms with E-state index >= 15 is 0 Å². The SMILES string of the molecule is Cn1ccc2c(OC3CCN(Cc4csc(C5CC5)n4)CC3)cccc21. The van der Waals surface area contributed by atoms with E-state index in [1.54, 1.807) is 0 Å². The normalized spacial score (nSPS) is 19.3. The molecule has 0 spiro atoms. The fraction of sp³-hybridized carbons (Fsp3) is 0.476. The molecule has 0 radical (unpaired) electrons. The summed E-state index contributed by atoms with van der Waals surface area (Å²) in [5.74, 6) is 1.80. The van der Waals surface area contributed by atoms with Crippen LogP contribution in [0.15, 0.2) is 35.8 Å². The molecular weight excluding hydrogens is 342 g/mol. The summed E-state index contributed by atoms with van der Waals surface area (Å²) in [5.41, 5.74) is 2.49. The third-order valence-electron chi connectivity index (χ3n) is 5.60. The Hall–Kier alpha value is -1.85. The summed E-state index contributed by atoms with van der Waals surface area (Å²) in [6, 6.07) is 8.49. The van der Waals surface area contributed by atoms with Gasteiger partial charge in [-0.05, 0) is 43.9 Å². The highest BCUT2D eigenvalue weighted by atomic mass is 32.1. The van der Waals surface area contributed by atoms with Crippen LogP contribution in [0.1, 0.15) is 42.3 Å². The van der Waals surface area contributed by atoms with Crippen LogP contribution in [0.25, 0.3) is 10.9 Å². The van der Waals surface area contributed by atoms with Gasteiger partial charge >= 0.3 is 0 Å². The van der Waals surface area contributed by atoms with Crippen molar-refractivity contribution in [2.75, 3.05) is 13.1 Å². The van der Waals surface area contributed by atoms with Gasteiger partial charge in [-0.1, -0.05) is 6.07 Å². The predicted molar refractivity (Wildman–Crippen MR) is 106 cm³/mol. The number of piperidine rings is 1. The topological polar surface area (TPSA) is 30.3 Å². The van der Waals surface area contributed by atoms with Gasteiger partial charge in [-0.2, -0.15) is 0 Å². The number of aromatic nitrogens is 2. The van der Waals surface area contributed by atoms with E-state index in [1.165, 1.54) is 34.4 Å². The fourth-order valence-electron chi connectivity index (χ4n) is 3.88. The van der Waals surface area contributed by atoms with Gasteiger partial charge < -0.3 is 9.30 Å². The van der Waals surface area contributed by atoms with E-state index in [0.29, 0.717) is 6.10 Å². The third-order valence-corrected chi connectivity index (χ3v) is 6.65. The van der Waals surface area contributed by atoms with E-state index in [1.807, 2.05) is 11.3 Å². The number of rotatable bonds is 5. The molecule has 0 amide bonds. The first-order chi connectivity index (χ1) is 12.8. The van der Waals surface area contributed by atoms with E-state index in [0.717, 1.165) is 44.1 Å². The van der Waals surface area contributed by atoms with Crippen molar-refractivity contribution in [2.24, 2.45) is 7.05 Å². The van der Waals surface area contributed by atoms with E-state index in [-0.39, 0.29) is 0 Å². The number of benzene rings is 1. The van der Waals surface area contributed by atoms with Crippen LogP contribution < -0.4 is 4.74 Å². The van der Waals surface area contributed by atoms with Crippen LogP contribution in [0, 0.1) is 0 Å². The van der Waals surface area contributed by atoms with Crippen molar-refractivity contribution < 1.29 is 4.74 Å². The molecule has 1 saturated heterocycles. The van der Waals surface area contributed by atoms with Gasteiger partial charge in [-0.25, -0.2) is 4.98 Å². The second kappa shape index (κ2) is 6.71. The van der Waals surface area contributed by atoms with Crippen molar-refractivity contribution in [3.8, 4) is 5.75 Å². The maximum Gasteiger partial charge on any atom is 0.129 e. The molecule has 5 rings (SSSR count). The minimum Gasteiger partial charge on any atom is -0.490 e. The summed E-state index contributed by atoms with van der Waals surface area (Å²) in [5, 5.41) is 4.83. The summed E-state index contributed by atoms with van der Waals surface area (Å²) in [6.07, 6.45) is 7.26. The van der Waals surface area contributed by atoms with E-state index in [9.17, 15) is 0 Å². The first-order valence-corrected chi connectivity index (χ1v) is 10.5. The molecule has 136 valence electrons. The molecule has 2 aliphatic rings. The quantitative estimate of drug-likeness (QED) is 0.662. The van der Waals surface area contributed by atoms with Crippen molar-refractivity contribution in [1.29, 1.82) is 0 Å². The Labute approximate surface area is 158 Å². The van der Waals surface area contributed by atoms with E-state index < -0.39 is 0 Å². The summed E-state index contributed by atoms with van der Waals surface area (Å²) < 4.78 is 8.52.